The van der Waals surface area contributed by atoms with Gasteiger partial charge >= 0.3 is 0 Å². The Morgan fingerprint density at radius 3 is 2.83 bits per heavy atom. The Balaban J connectivity index is 1.68. The van der Waals surface area contributed by atoms with Crippen LogP contribution in [0.15, 0.2) is 12.4 Å². The van der Waals surface area contributed by atoms with Gasteiger partial charge in [-0.05, 0) is 45.7 Å². The van der Waals surface area contributed by atoms with Gasteiger partial charge in [0, 0.05) is 31.1 Å². The molecule has 1 aromatic rings. The lowest BCUT2D eigenvalue weighted by Crippen LogP contribution is -2.53. The van der Waals surface area contributed by atoms with E-state index in [1.54, 1.807) is 12.4 Å². The molecular weight excluding hydrogens is 288 g/mol. The average molecular weight is 316 g/mol. The number of carbonyl (C=O) groups is 1. The molecule has 1 amide bonds. The molecule has 0 aliphatic carbocycles. The van der Waals surface area contributed by atoms with E-state index in [2.05, 4.69) is 21.8 Å². The zero-order valence-corrected chi connectivity index (χ0v) is 14.4. The minimum atomic E-state index is 0.269. The molecular formula is C18H28N4O. The first kappa shape index (κ1) is 16.4. The first-order valence-corrected chi connectivity index (χ1v) is 8.88. The van der Waals surface area contributed by atoms with Crippen molar-refractivity contribution >= 4 is 5.91 Å². The molecule has 2 saturated heterocycles. The number of hydrogen-bond donors (Lipinski definition) is 0. The highest BCUT2D eigenvalue weighted by atomic mass is 16.2. The van der Waals surface area contributed by atoms with Gasteiger partial charge in [0.15, 0.2) is 0 Å². The second-order valence-corrected chi connectivity index (χ2v) is 7.28. The van der Waals surface area contributed by atoms with E-state index in [9.17, 15) is 4.79 Å². The molecule has 23 heavy (non-hydrogen) atoms. The van der Waals surface area contributed by atoms with Crippen molar-refractivity contribution in [3.8, 4) is 0 Å². The largest absolute Gasteiger partial charge is 0.336 e. The van der Waals surface area contributed by atoms with Crippen molar-refractivity contribution in [2.75, 3.05) is 26.2 Å². The van der Waals surface area contributed by atoms with Gasteiger partial charge < -0.3 is 9.80 Å². The Kier molecular flexibility index (Phi) is 4.95. The summed E-state index contributed by atoms with van der Waals surface area (Å²) in [6.07, 6.45) is 9.01. The van der Waals surface area contributed by atoms with E-state index in [-0.39, 0.29) is 5.91 Å². The van der Waals surface area contributed by atoms with Crippen LogP contribution in [0.1, 0.15) is 50.4 Å². The van der Waals surface area contributed by atoms with Gasteiger partial charge in [-0.1, -0.05) is 6.92 Å². The van der Waals surface area contributed by atoms with E-state index in [1.165, 1.54) is 32.4 Å². The predicted octanol–water partition coefficient (Wildman–Crippen LogP) is 2.40. The minimum Gasteiger partial charge on any atom is -0.336 e. The van der Waals surface area contributed by atoms with E-state index < -0.39 is 0 Å². The molecule has 0 bridgehead atoms. The van der Waals surface area contributed by atoms with E-state index >= 15 is 0 Å². The Morgan fingerprint density at radius 1 is 1.22 bits per heavy atom. The molecule has 3 heterocycles. The van der Waals surface area contributed by atoms with Gasteiger partial charge in [-0.15, -0.1) is 0 Å². The van der Waals surface area contributed by atoms with Crippen LogP contribution in [0, 0.1) is 12.3 Å². The highest BCUT2D eigenvalue weighted by Gasteiger charge is 2.41. The van der Waals surface area contributed by atoms with E-state index in [4.69, 9.17) is 0 Å². The highest BCUT2D eigenvalue weighted by molar-refractivity contribution is 5.77. The molecule has 0 N–H and O–H groups in total. The summed E-state index contributed by atoms with van der Waals surface area (Å²) in [7, 11) is 0. The lowest BCUT2D eigenvalue weighted by molar-refractivity contribution is -0.140. The monoisotopic (exact) mass is 316 g/mol. The smallest absolute Gasteiger partial charge is 0.222 e. The third kappa shape index (κ3) is 3.89. The Bertz CT molecular complexity index is 542. The van der Waals surface area contributed by atoms with Gasteiger partial charge in [0.2, 0.25) is 5.91 Å². The van der Waals surface area contributed by atoms with E-state index in [0.29, 0.717) is 18.4 Å². The van der Waals surface area contributed by atoms with E-state index in [0.717, 1.165) is 30.9 Å². The third-order valence-corrected chi connectivity index (χ3v) is 5.22. The number of carbonyl (C=O) groups excluding carboxylic acids is 1. The number of nitrogens with zero attached hydrogens (tertiary/aromatic N) is 4. The molecule has 2 fully saturated rings. The van der Waals surface area contributed by atoms with Crippen molar-refractivity contribution in [3.63, 3.8) is 0 Å². The SMILES string of the molecule is CCCN1CCC[C@]2(CCC(=O)N(Cc3cnc(C)cn3)C2)C1. The van der Waals surface area contributed by atoms with Crippen molar-refractivity contribution in [1.82, 2.24) is 19.8 Å². The van der Waals surface area contributed by atoms with Gasteiger partial charge in [-0.3, -0.25) is 14.8 Å². The lowest BCUT2D eigenvalue weighted by Gasteiger charge is -2.48. The number of hydrogen-bond acceptors (Lipinski definition) is 4. The summed E-state index contributed by atoms with van der Waals surface area (Å²) < 4.78 is 0. The normalized spacial score (nSPS) is 26.0. The average Bonchev–Trinajstić information content (AvgIpc) is 2.54. The number of aryl methyl sites for hydroxylation is 1. The topological polar surface area (TPSA) is 49.3 Å². The van der Waals surface area contributed by atoms with Crippen molar-refractivity contribution in [3.05, 3.63) is 23.8 Å². The zero-order chi connectivity index (χ0) is 16.3. The lowest BCUT2D eigenvalue weighted by atomic mass is 9.73. The van der Waals surface area contributed by atoms with E-state index in [1.807, 2.05) is 11.8 Å². The zero-order valence-electron chi connectivity index (χ0n) is 14.4. The van der Waals surface area contributed by atoms with Crippen LogP contribution < -0.4 is 0 Å². The molecule has 2 aliphatic heterocycles. The number of piperidine rings is 2. The summed E-state index contributed by atoms with van der Waals surface area (Å²) in [6, 6.07) is 0. The third-order valence-electron chi connectivity index (χ3n) is 5.22. The molecule has 5 heteroatoms. The van der Waals surface area contributed by atoms with Crippen LogP contribution in [-0.2, 0) is 11.3 Å². The molecule has 0 saturated carbocycles. The van der Waals surface area contributed by atoms with Crippen molar-refractivity contribution in [2.24, 2.45) is 5.41 Å². The summed E-state index contributed by atoms with van der Waals surface area (Å²) in [5.41, 5.74) is 2.10. The highest BCUT2D eigenvalue weighted by Crippen LogP contribution is 2.39. The molecule has 3 rings (SSSR count). The van der Waals surface area contributed by atoms with Crippen LogP contribution in [0.3, 0.4) is 0 Å². The molecule has 0 radical (unpaired) electrons. The minimum absolute atomic E-state index is 0.269. The fourth-order valence-corrected chi connectivity index (χ4v) is 4.09. The van der Waals surface area contributed by atoms with Gasteiger partial charge in [0.25, 0.3) is 0 Å². The van der Waals surface area contributed by atoms with Gasteiger partial charge in [-0.25, -0.2) is 0 Å². The molecule has 5 nitrogen and oxygen atoms in total. The Hall–Kier alpha value is -1.49. The fourth-order valence-electron chi connectivity index (χ4n) is 4.09. The molecule has 1 aromatic heterocycles. The van der Waals surface area contributed by atoms with Crippen LogP contribution in [0.4, 0.5) is 0 Å². The van der Waals surface area contributed by atoms with Gasteiger partial charge in [0.05, 0.1) is 24.1 Å². The fraction of sp³-hybridized carbons (Fsp3) is 0.722. The summed E-state index contributed by atoms with van der Waals surface area (Å²) in [4.78, 5) is 25.7. The second-order valence-electron chi connectivity index (χ2n) is 7.28. The van der Waals surface area contributed by atoms with Gasteiger partial charge in [0.1, 0.15) is 0 Å². The molecule has 1 spiro atoms. The number of aromatic nitrogens is 2. The second kappa shape index (κ2) is 6.95. The molecule has 1 atom stereocenters. The molecule has 0 unspecified atom stereocenters. The van der Waals surface area contributed by atoms with Crippen LogP contribution in [-0.4, -0.2) is 51.9 Å². The maximum absolute atomic E-state index is 12.4. The number of amides is 1. The van der Waals surface area contributed by atoms with Crippen molar-refractivity contribution in [2.45, 2.75) is 52.5 Å². The first-order chi connectivity index (χ1) is 11.1. The number of likely N-dealkylation sites (tertiary alicyclic amines) is 2. The predicted molar refractivity (Wildman–Crippen MR) is 89.8 cm³/mol. The molecule has 0 aromatic carbocycles. The summed E-state index contributed by atoms with van der Waals surface area (Å²) in [5.74, 6) is 0.269. The summed E-state index contributed by atoms with van der Waals surface area (Å²) >= 11 is 0. The maximum Gasteiger partial charge on any atom is 0.222 e. The first-order valence-electron chi connectivity index (χ1n) is 8.88. The quantitative estimate of drug-likeness (QED) is 0.856. The van der Waals surface area contributed by atoms with Gasteiger partial charge in [-0.2, -0.15) is 0 Å². The van der Waals surface area contributed by atoms with Crippen LogP contribution >= 0.6 is 0 Å². The summed E-state index contributed by atoms with van der Waals surface area (Å²) in [5, 5.41) is 0. The van der Waals surface area contributed by atoms with Crippen LogP contribution in [0.5, 0.6) is 0 Å². The maximum atomic E-state index is 12.4. The van der Waals surface area contributed by atoms with Crippen LogP contribution in [0.2, 0.25) is 0 Å². The molecule has 126 valence electrons. The standard InChI is InChI=1S/C18H28N4O/c1-3-8-21-9-4-6-18(13-21)7-5-17(23)22(14-18)12-16-11-19-15(2)10-20-16/h10-11H,3-9,12-14H2,1-2H3/t18-/m0/s1. The molecule has 2 aliphatic rings. The van der Waals surface area contributed by atoms with Crippen LogP contribution in [0.25, 0.3) is 0 Å². The van der Waals surface area contributed by atoms with Crippen molar-refractivity contribution in [1.29, 1.82) is 0 Å². The Morgan fingerprint density at radius 2 is 2.09 bits per heavy atom. The summed E-state index contributed by atoms with van der Waals surface area (Å²) in [6.45, 7) is 9.19. The van der Waals surface area contributed by atoms with Crippen molar-refractivity contribution < 1.29 is 4.79 Å². The number of rotatable bonds is 4. The Labute approximate surface area is 139 Å².